The van der Waals surface area contributed by atoms with Crippen molar-refractivity contribution in [2.24, 2.45) is 5.92 Å². The van der Waals surface area contributed by atoms with E-state index >= 15 is 0 Å². The highest BCUT2D eigenvalue weighted by molar-refractivity contribution is 5.83. The summed E-state index contributed by atoms with van der Waals surface area (Å²) in [5.41, 5.74) is -0.520. The van der Waals surface area contributed by atoms with Gasteiger partial charge in [0.2, 0.25) is 5.95 Å². The maximum absolute atomic E-state index is 12.2. The number of carboxylic acid groups (broad SMARTS) is 1. The van der Waals surface area contributed by atoms with Crippen molar-refractivity contribution in [1.82, 2.24) is 19.7 Å². The molecule has 1 fully saturated rings. The second-order valence-corrected chi connectivity index (χ2v) is 6.93. The first kappa shape index (κ1) is 15.6. The number of hydrogen-bond donors (Lipinski definition) is 2. The molecule has 9 nitrogen and oxygen atoms in total. The highest BCUT2D eigenvalue weighted by Gasteiger charge is 2.39. The first-order valence-corrected chi connectivity index (χ1v) is 7.66. The number of nitrogens with zero attached hydrogens (tertiary/aromatic N) is 4. The molecular formula is C14H21N5O4. The van der Waals surface area contributed by atoms with Gasteiger partial charge in [-0.25, -0.2) is 14.3 Å². The lowest BCUT2D eigenvalue weighted by Crippen LogP contribution is -2.50. The predicted octanol–water partition coefficient (Wildman–Crippen LogP) is 1.20. The molecule has 0 saturated carbocycles. The number of likely N-dealkylation sites (tertiary alicyclic amines) is 1. The molecule has 0 aromatic carbocycles. The lowest BCUT2D eigenvalue weighted by Gasteiger charge is -2.41. The molecule has 0 bridgehead atoms. The fourth-order valence-electron chi connectivity index (χ4n) is 3.02. The van der Waals surface area contributed by atoms with Crippen LogP contribution in [-0.4, -0.2) is 62.1 Å². The molecule has 2 atom stereocenters. The second kappa shape index (κ2) is 5.39. The Bertz CT molecular complexity index is 636. The number of carbonyl (C=O) groups excluding carboxylic acids is 1. The van der Waals surface area contributed by atoms with E-state index in [1.54, 1.807) is 9.58 Å². The number of piperidine rings is 1. The molecule has 23 heavy (non-hydrogen) atoms. The molecule has 9 heteroatoms. The number of rotatable bonds is 1. The van der Waals surface area contributed by atoms with Gasteiger partial charge in [0.15, 0.2) is 0 Å². The van der Waals surface area contributed by atoms with Gasteiger partial charge in [-0.1, -0.05) is 0 Å². The third-order valence-electron chi connectivity index (χ3n) is 4.00. The number of fused-ring (bicyclic) bond motifs is 3. The number of aromatic nitrogens is 3. The Hall–Kier alpha value is -2.32. The molecule has 1 aromatic rings. The Morgan fingerprint density at radius 3 is 2.78 bits per heavy atom. The summed E-state index contributed by atoms with van der Waals surface area (Å²) >= 11 is 0. The third kappa shape index (κ3) is 3.08. The molecule has 0 aliphatic carbocycles. The lowest BCUT2D eigenvalue weighted by atomic mass is 9.91. The minimum Gasteiger partial charge on any atom is -0.475 e. The number of amides is 1. The Labute approximate surface area is 133 Å². The zero-order valence-electron chi connectivity index (χ0n) is 13.4. The number of carbonyl (C=O) groups is 2. The third-order valence-corrected chi connectivity index (χ3v) is 4.00. The van der Waals surface area contributed by atoms with Crippen LogP contribution in [0.25, 0.3) is 0 Å². The molecular weight excluding hydrogens is 302 g/mol. The van der Waals surface area contributed by atoms with Gasteiger partial charge in [-0.2, -0.15) is 4.98 Å². The van der Waals surface area contributed by atoms with Crippen molar-refractivity contribution >= 4 is 18.0 Å². The number of ether oxygens (including phenoxy) is 1. The number of aromatic carboxylic acids is 1. The standard InChI is InChI=1S/C14H21N5O4/c1-14(2,3)23-13(22)18-5-4-9-8(7-18)6-15-12-16-10(11(20)21)17-19(9)12/h8-9H,4-7H2,1-3H3,(H,20,21)(H,15,16,17). The van der Waals surface area contributed by atoms with Gasteiger partial charge in [-0.3, -0.25) is 0 Å². The van der Waals surface area contributed by atoms with Crippen LogP contribution in [0.5, 0.6) is 0 Å². The van der Waals surface area contributed by atoms with E-state index in [1.165, 1.54) is 0 Å². The van der Waals surface area contributed by atoms with Gasteiger partial charge in [-0.05, 0) is 27.2 Å². The number of anilines is 1. The van der Waals surface area contributed by atoms with Crippen LogP contribution in [0.1, 0.15) is 43.9 Å². The molecule has 126 valence electrons. The minimum absolute atomic E-state index is 0.0468. The Morgan fingerprint density at radius 1 is 1.39 bits per heavy atom. The first-order valence-electron chi connectivity index (χ1n) is 7.66. The molecule has 2 unspecified atom stereocenters. The van der Waals surface area contributed by atoms with Crippen LogP contribution in [0.2, 0.25) is 0 Å². The van der Waals surface area contributed by atoms with E-state index in [9.17, 15) is 9.59 Å². The summed E-state index contributed by atoms with van der Waals surface area (Å²) in [5, 5.41) is 16.2. The van der Waals surface area contributed by atoms with Gasteiger partial charge in [0, 0.05) is 25.6 Å². The number of carboxylic acids is 1. The zero-order valence-corrected chi connectivity index (χ0v) is 13.4. The van der Waals surface area contributed by atoms with Gasteiger partial charge in [-0.15, -0.1) is 5.10 Å². The molecule has 2 N–H and O–H groups in total. The van der Waals surface area contributed by atoms with Crippen molar-refractivity contribution in [3.8, 4) is 0 Å². The van der Waals surface area contributed by atoms with E-state index in [1.807, 2.05) is 20.8 Å². The number of nitrogens with one attached hydrogen (secondary N) is 1. The Balaban J connectivity index is 1.72. The average molecular weight is 323 g/mol. The molecule has 3 rings (SSSR count). The predicted molar refractivity (Wildman–Crippen MR) is 80.4 cm³/mol. The van der Waals surface area contributed by atoms with Crippen molar-refractivity contribution in [2.75, 3.05) is 25.0 Å². The van der Waals surface area contributed by atoms with Gasteiger partial charge in [0.25, 0.3) is 5.82 Å². The Kier molecular flexibility index (Phi) is 3.65. The molecule has 2 aliphatic rings. The van der Waals surface area contributed by atoms with E-state index in [0.717, 1.165) is 0 Å². The maximum Gasteiger partial charge on any atom is 0.410 e. The van der Waals surface area contributed by atoms with Crippen molar-refractivity contribution < 1.29 is 19.4 Å². The van der Waals surface area contributed by atoms with E-state index in [4.69, 9.17) is 9.84 Å². The smallest absolute Gasteiger partial charge is 0.410 e. The summed E-state index contributed by atoms with van der Waals surface area (Å²) in [6.07, 6.45) is 0.382. The van der Waals surface area contributed by atoms with Gasteiger partial charge < -0.3 is 20.1 Å². The van der Waals surface area contributed by atoms with Crippen molar-refractivity contribution in [1.29, 1.82) is 0 Å². The topological polar surface area (TPSA) is 110 Å². The Morgan fingerprint density at radius 2 is 2.13 bits per heavy atom. The molecule has 1 aromatic heterocycles. The second-order valence-electron chi connectivity index (χ2n) is 6.93. The molecule has 0 spiro atoms. The monoisotopic (exact) mass is 323 g/mol. The first-order chi connectivity index (χ1) is 10.7. The van der Waals surface area contributed by atoms with Crippen LogP contribution in [0.4, 0.5) is 10.7 Å². The summed E-state index contributed by atoms with van der Waals surface area (Å²) < 4.78 is 7.06. The van der Waals surface area contributed by atoms with Crippen molar-refractivity contribution in [3.63, 3.8) is 0 Å². The highest BCUT2D eigenvalue weighted by Crippen LogP contribution is 2.34. The molecule has 1 amide bonds. The van der Waals surface area contributed by atoms with Crippen molar-refractivity contribution in [3.05, 3.63) is 5.82 Å². The van der Waals surface area contributed by atoms with Gasteiger partial charge in [0.05, 0.1) is 6.04 Å². The van der Waals surface area contributed by atoms with E-state index < -0.39 is 11.6 Å². The molecule has 1 saturated heterocycles. The van der Waals surface area contributed by atoms with Crippen LogP contribution in [0, 0.1) is 5.92 Å². The summed E-state index contributed by atoms with van der Waals surface area (Å²) in [6, 6.07) is 0.0468. The van der Waals surface area contributed by atoms with E-state index in [2.05, 4.69) is 15.4 Å². The summed E-state index contributed by atoms with van der Waals surface area (Å²) in [7, 11) is 0. The van der Waals surface area contributed by atoms with Crippen LogP contribution in [0.15, 0.2) is 0 Å². The van der Waals surface area contributed by atoms with Crippen molar-refractivity contribution in [2.45, 2.75) is 38.8 Å². The van der Waals surface area contributed by atoms with Crippen LogP contribution < -0.4 is 5.32 Å². The zero-order chi connectivity index (χ0) is 16.8. The highest BCUT2D eigenvalue weighted by atomic mass is 16.6. The average Bonchev–Trinajstić information content (AvgIpc) is 2.89. The van der Waals surface area contributed by atoms with Gasteiger partial charge in [0.1, 0.15) is 5.60 Å². The number of hydrogen-bond acceptors (Lipinski definition) is 6. The SMILES string of the molecule is CC(C)(C)OC(=O)N1CCC2C(CNc3nc(C(=O)O)nn32)C1. The molecule has 2 aliphatic heterocycles. The van der Waals surface area contributed by atoms with E-state index in [0.29, 0.717) is 32.0 Å². The quantitative estimate of drug-likeness (QED) is 0.799. The largest absolute Gasteiger partial charge is 0.475 e. The minimum atomic E-state index is -1.14. The normalized spacial score (nSPS) is 23.5. The summed E-state index contributed by atoms with van der Waals surface area (Å²) in [6.45, 7) is 7.26. The summed E-state index contributed by atoms with van der Waals surface area (Å²) in [4.78, 5) is 28.9. The lowest BCUT2D eigenvalue weighted by molar-refractivity contribution is 0.0107. The van der Waals surface area contributed by atoms with Crippen LogP contribution in [0.3, 0.4) is 0 Å². The molecule has 3 heterocycles. The van der Waals surface area contributed by atoms with Gasteiger partial charge >= 0.3 is 12.1 Å². The summed E-state index contributed by atoms with van der Waals surface area (Å²) in [5.74, 6) is -0.722. The molecule has 0 radical (unpaired) electrons. The van der Waals surface area contributed by atoms with Crippen LogP contribution in [-0.2, 0) is 4.74 Å². The van der Waals surface area contributed by atoms with E-state index in [-0.39, 0.29) is 23.9 Å². The maximum atomic E-state index is 12.2. The van der Waals surface area contributed by atoms with Crippen LogP contribution >= 0.6 is 0 Å². The fourth-order valence-corrected chi connectivity index (χ4v) is 3.02. The fraction of sp³-hybridized carbons (Fsp3) is 0.714.